The second-order valence-corrected chi connectivity index (χ2v) is 8.62. The summed E-state index contributed by atoms with van der Waals surface area (Å²) in [6.07, 6.45) is -1.49. The summed E-state index contributed by atoms with van der Waals surface area (Å²) in [6.45, 7) is 2.36. The van der Waals surface area contributed by atoms with Gasteiger partial charge in [0.05, 0.1) is 16.9 Å². The van der Waals surface area contributed by atoms with Gasteiger partial charge in [0, 0.05) is 30.1 Å². The van der Waals surface area contributed by atoms with Crippen molar-refractivity contribution < 1.29 is 22.8 Å². The Kier molecular flexibility index (Phi) is 6.77. The summed E-state index contributed by atoms with van der Waals surface area (Å²) >= 11 is 1.54. The Balaban J connectivity index is 1.28. The van der Waals surface area contributed by atoms with E-state index in [9.17, 15) is 18.0 Å². The Morgan fingerprint density at radius 3 is 2.67 bits per heavy atom. The van der Waals surface area contributed by atoms with Crippen LogP contribution in [0.1, 0.15) is 40.8 Å². The number of benzene rings is 1. The molecule has 1 aliphatic heterocycles. The summed E-state index contributed by atoms with van der Waals surface area (Å²) in [6, 6.07) is 10.2. The number of amides is 1. The number of oxime groups is 1. The molecule has 1 aliphatic rings. The molecule has 1 aromatic carbocycles. The molecule has 0 N–H and O–H groups in total. The highest BCUT2D eigenvalue weighted by atomic mass is 32.1. The number of para-hydroxylation sites is 1. The molecule has 11 heteroatoms. The number of likely N-dealkylation sites (tertiary alicyclic amines) is 1. The number of thiazole rings is 1. The van der Waals surface area contributed by atoms with Crippen LogP contribution in [0.4, 0.5) is 13.2 Å². The number of aryl methyl sites for hydroxylation is 1. The van der Waals surface area contributed by atoms with Crippen molar-refractivity contribution in [3.63, 3.8) is 0 Å². The molecule has 1 amide bonds. The Morgan fingerprint density at radius 2 is 2.00 bits per heavy atom. The zero-order chi connectivity index (χ0) is 23.4. The van der Waals surface area contributed by atoms with Gasteiger partial charge in [-0.15, -0.1) is 11.3 Å². The summed E-state index contributed by atoms with van der Waals surface area (Å²) < 4.78 is 39.6. The van der Waals surface area contributed by atoms with Gasteiger partial charge in [0.1, 0.15) is 6.54 Å². The summed E-state index contributed by atoms with van der Waals surface area (Å²) in [4.78, 5) is 24.2. The van der Waals surface area contributed by atoms with Gasteiger partial charge >= 0.3 is 6.18 Å². The molecule has 3 heterocycles. The highest BCUT2D eigenvalue weighted by Crippen LogP contribution is 2.31. The second kappa shape index (κ2) is 9.74. The van der Waals surface area contributed by atoms with Gasteiger partial charge in [-0.25, -0.2) is 4.98 Å². The van der Waals surface area contributed by atoms with Crippen LogP contribution in [0.3, 0.4) is 0 Å². The fourth-order valence-electron chi connectivity index (χ4n) is 3.58. The topological polar surface area (TPSA) is 72.6 Å². The first-order chi connectivity index (χ1) is 15.8. The van der Waals surface area contributed by atoms with E-state index in [1.165, 1.54) is 18.3 Å². The maximum absolute atomic E-state index is 12.8. The first-order valence-corrected chi connectivity index (χ1v) is 11.3. The van der Waals surface area contributed by atoms with Gasteiger partial charge in [-0.3, -0.25) is 9.48 Å². The average Bonchev–Trinajstić information content (AvgIpc) is 3.41. The van der Waals surface area contributed by atoms with Crippen molar-refractivity contribution in [3.8, 4) is 5.75 Å². The van der Waals surface area contributed by atoms with E-state index in [2.05, 4.69) is 15.2 Å². The molecule has 1 saturated heterocycles. The quantitative estimate of drug-likeness (QED) is 0.388. The number of carbonyl (C=O) groups is 1. The van der Waals surface area contributed by atoms with Gasteiger partial charge < -0.3 is 9.74 Å². The Morgan fingerprint density at radius 1 is 1.27 bits per heavy atom. The first kappa shape index (κ1) is 23.0. The number of nitrogens with zero attached hydrogens (tertiary/aromatic N) is 5. The van der Waals surface area contributed by atoms with Crippen molar-refractivity contribution in [2.45, 2.75) is 38.4 Å². The molecule has 0 saturated carbocycles. The third kappa shape index (κ3) is 5.78. The van der Waals surface area contributed by atoms with Crippen molar-refractivity contribution in [1.29, 1.82) is 0 Å². The van der Waals surface area contributed by atoms with Crippen LogP contribution in [0, 0.1) is 6.92 Å². The lowest BCUT2D eigenvalue weighted by Gasteiger charge is -2.31. The molecule has 2 aromatic heterocycles. The zero-order valence-corrected chi connectivity index (χ0v) is 18.6. The predicted octanol–water partition coefficient (Wildman–Crippen LogP) is 4.49. The van der Waals surface area contributed by atoms with Crippen molar-refractivity contribution in [2.75, 3.05) is 13.1 Å². The highest BCUT2D eigenvalue weighted by Gasteiger charge is 2.35. The summed E-state index contributed by atoms with van der Waals surface area (Å²) in [5, 5.41) is 10.4. The summed E-state index contributed by atoms with van der Waals surface area (Å²) in [5.41, 5.74) is 0.0293. The predicted molar refractivity (Wildman–Crippen MR) is 117 cm³/mol. The van der Waals surface area contributed by atoms with Gasteiger partial charge in [0.2, 0.25) is 5.91 Å². The van der Waals surface area contributed by atoms with Gasteiger partial charge in [-0.1, -0.05) is 23.4 Å². The molecule has 0 radical (unpaired) electrons. The maximum Gasteiger partial charge on any atom is 0.435 e. The van der Waals surface area contributed by atoms with Crippen molar-refractivity contribution in [3.05, 3.63) is 63.9 Å². The van der Waals surface area contributed by atoms with Gasteiger partial charge in [0.15, 0.2) is 11.4 Å². The number of alkyl halides is 3. The first-order valence-electron chi connectivity index (χ1n) is 10.4. The van der Waals surface area contributed by atoms with Crippen LogP contribution in [-0.2, 0) is 17.5 Å². The number of piperidine rings is 1. The minimum atomic E-state index is -4.53. The van der Waals surface area contributed by atoms with E-state index in [1.807, 2.05) is 35.7 Å². The molecule has 1 fully saturated rings. The largest absolute Gasteiger partial charge is 0.435 e. The third-order valence-electron chi connectivity index (χ3n) is 5.38. The second-order valence-electron chi connectivity index (χ2n) is 7.73. The van der Waals surface area contributed by atoms with Crippen LogP contribution >= 0.6 is 11.3 Å². The molecule has 3 aromatic rings. The monoisotopic (exact) mass is 477 g/mol. The molecule has 7 nitrogen and oxygen atoms in total. The van der Waals surface area contributed by atoms with Gasteiger partial charge in [0.25, 0.3) is 0 Å². The van der Waals surface area contributed by atoms with Crippen LogP contribution in [0.2, 0.25) is 0 Å². The SMILES string of the molecule is Cc1cc(C(F)(F)F)nn1CC(=O)N1CCC(c2nc(/C=N/Oc3ccccc3)cs2)CC1. The minimum absolute atomic E-state index is 0.203. The Hall–Kier alpha value is -3.21. The zero-order valence-electron chi connectivity index (χ0n) is 17.8. The number of rotatable bonds is 6. The lowest BCUT2D eigenvalue weighted by atomic mass is 9.97. The average molecular weight is 478 g/mol. The van der Waals surface area contributed by atoms with E-state index in [1.54, 1.807) is 11.1 Å². The summed E-state index contributed by atoms with van der Waals surface area (Å²) in [5.74, 6) is 0.624. The fraction of sp³-hybridized carbons (Fsp3) is 0.364. The standard InChI is InChI=1S/C22H22F3N5O2S/c1-15-11-19(22(23,24)25)28-30(15)13-20(31)29-9-7-16(8-10-29)21-27-17(14-33-21)12-26-32-18-5-3-2-4-6-18/h2-6,11-12,14,16H,7-10,13H2,1H3/b26-12+. The number of hydrogen-bond donors (Lipinski definition) is 0. The minimum Gasteiger partial charge on any atom is -0.357 e. The van der Waals surface area contributed by atoms with Crippen LogP contribution < -0.4 is 4.84 Å². The van der Waals surface area contributed by atoms with Crippen LogP contribution in [-0.4, -0.2) is 44.9 Å². The van der Waals surface area contributed by atoms with Crippen molar-refractivity contribution >= 4 is 23.5 Å². The Labute approximate surface area is 192 Å². The highest BCUT2D eigenvalue weighted by molar-refractivity contribution is 7.09. The number of aromatic nitrogens is 3. The van der Waals surface area contributed by atoms with Crippen LogP contribution in [0.25, 0.3) is 0 Å². The number of halogens is 3. The molecule has 0 aliphatic carbocycles. The van der Waals surface area contributed by atoms with Crippen molar-refractivity contribution in [1.82, 2.24) is 19.7 Å². The van der Waals surface area contributed by atoms with E-state index < -0.39 is 11.9 Å². The lowest BCUT2D eigenvalue weighted by Crippen LogP contribution is -2.40. The number of carbonyl (C=O) groups excluding carboxylic acids is 1. The van der Waals surface area contributed by atoms with E-state index in [0.717, 1.165) is 28.6 Å². The molecular weight excluding hydrogens is 455 g/mol. The smallest absolute Gasteiger partial charge is 0.357 e. The van der Waals surface area contributed by atoms with Crippen LogP contribution in [0.5, 0.6) is 5.75 Å². The molecule has 33 heavy (non-hydrogen) atoms. The molecule has 174 valence electrons. The molecular formula is C22H22F3N5O2S. The molecule has 0 atom stereocenters. The van der Waals surface area contributed by atoms with E-state index in [-0.39, 0.29) is 18.4 Å². The third-order valence-corrected chi connectivity index (χ3v) is 6.41. The number of hydrogen-bond acceptors (Lipinski definition) is 6. The van der Waals surface area contributed by atoms with E-state index >= 15 is 0 Å². The molecule has 0 spiro atoms. The van der Waals surface area contributed by atoms with Crippen LogP contribution in [0.15, 0.2) is 46.9 Å². The van der Waals surface area contributed by atoms with E-state index in [0.29, 0.717) is 30.2 Å². The Bertz CT molecular complexity index is 1120. The fourth-order valence-corrected chi connectivity index (χ4v) is 4.52. The molecule has 4 rings (SSSR count). The van der Waals surface area contributed by atoms with Gasteiger partial charge in [-0.05, 0) is 38.0 Å². The normalized spacial score (nSPS) is 15.3. The lowest BCUT2D eigenvalue weighted by molar-refractivity contribution is -0.142. The van der Waals surface area contributed by atoms with Crippen molar-refractivity contribution in [2.24, 2.45) is 5.16 Å². The van der Waals surface area contributed by atoms with Gasteiger partial charge in [-0.2, -0.15) is 18.3 Å². The summed E-state index contributed by atoms with van der Waals surface area (Å²) in [7, 11) is 0. The molecule has 0 unspecified atom stereocenters. The maximum atomic E-state index is 12.8. The molecule has 0 bridgehead atoms. The van der Waals surface area contributed by atoms with E-state index in [4.69, 9.17) is 4.84 Å².